The number of carbonyl (C=O) groups excluding carboxylic acids is 1. The Balaban J connectivity index is 4.21. The first-order valence-electron chi connectivity index (χ1n) is 29.8. The molecule has 0 aliphatic carbocycles. The van der Waals surface area contributed by atoms with Crippen molar-refractivity contribution in [1.29, 1.82) is 0 Å². The number of rotatable bonds is 54. The zero-order chi connectivity index (χ0) is 52.0. The predicted molar refractivity (Wildman–Crippen MR) is 307 cm³/mol. The van der Waals surface area contributed by atoms with Gasteiger partial charge in [-0.3, -0.25) is 9.36 Å². The Morgan fingerprint density at radius 1 is 0.507 bits per heavy atom. The van der Waals surface area contributed by atoms with E-state index in [0.29, 0.717) is 23.9 Å². The fourth-order valence-electron chi connectivity index (χ4n) is 8.57. The first kappa shape index (κ1) is 68.9. The second-order valence-corrected chi connectivity index (χ2v) is 22.7. The third-order valence-corrected chi connectivity index (χ3v) is 14.2. The van der Waals surface area contributed by atoms with Crippen LogP contribution in [-0.2, 0) is 18.4 Å². The highest BCUT2D eigenvalue weighted by atomic mass is 31.2. The monoisotopic (exact) mass is 1010 g/mol. The van der Waals surface area contributed by atoms with Gasteiger partial charge in [0.15, 0.2) is 0 Å². The lowest BCUT2D eigenvalue weighted by molar-refractivity contribution is -0.870. The van der Waals surface area contributed by atoms with Crippen LogP contribution in [0.5, 0.6) is 0 Å². The van der Waals surface area contributed by atoms with Gasteiger partial charge in [-0.15, -0.1) is 0 Å². The summed E-state index contributed by atoms with van der Waals surface area (Å²) in [6.45, 7) is 4.62. The van der Waals surface area contributed by atoms with Gasteiger partial charge in [-0.1, -0.05) is 267 Å². The number of phosphoric acid groups is 1. The predicted octanol–water partition coefficient (Wildman–Crippen LogP) is 17.6. The van der Waals surface area contributed by atoms with Crippen LogP contribution in [0, 0.1) is 0 Å². The van der Waals surface area contributed by atoms with E-state index >= 15 is 0 Å². The van der Waals surface area contributed by atoms with E-state index < -0.39 is 20.0 Å². The lowest BCUT2D eigenvalue weighted by atomic mass is 10.0. The SMILES string of the molecule is CC/C=C\C/C=C\C/C=C\C/C=C\C/C=C\C/C=C\CCCCCCCCC(=O)NC(COP(=O)([O-])OCC[N+](C)(C)C)C(O)CCCCCCCCCCCCCCCCCCCCCCCCCC. The van der Waals surface area contributed by atoms with Gasteiger partial charge in [-0.05, 0) is 64.2 Å². The smallest absolute Gasteiger partial charge is 0.268 e. The number of amides is 1. The molecule has 0 bridgehead atoms. The summed E-state index contributed by atoms with van der Waals surface area (Å²) in [6.07, 6.45) is 72.2. The Bertz CT molecular complexity index is 1380. The van der Waals surface area contributed by atoms with E-state index in [1.807, 2.05) is 21.1 Å². The molecule has 0 aromatic rings. The summed E-state index contributed by atoms with van der Waals surface area (Å²) < 4.78 is 23.4. The van der Waals surface area contributed by atoms with Gasteiger partial charge in [-0.25, -0.2) is 0 Å². The van der Waals surface area contributed by atoms with Crippen molar-refractivity contribution in [1.82, 2.24) is 5.32 Å². The molecular weight excluding hydrogens is 900 g/mol. The summed E-state index contributed by atoms with van der Waals surface area (Å²) in [5.41, 5.74) is 0. The molecule has 8 nitrogen and oxygen atoms in total. The quantitative estimate of drug-likeness (QED) is 0.0272. The standard InChI is InChI=1S/C62H115N2O6P/c1-6-8-10-12-14-16-18-20-22-24-26-28-30-32-34-36-38-40-42-44-46-48-50-52-54-56-62(66)63-60(59-70-71(67,68)69-58-57-64(3,4)5)61(65)55-53-51-49-47-45-43-41-39-37-35-33-31-29-27-25-23-21-19-17-15-13-11-9-7-2/h8,10,14,16,20,22,26,28,32,34,38,40,60-61,65H,6-7,9,11-13,15,17-19,21,23-25,27,29-31,33,35-37,39,41-59H2,1-5H3,(H-,63,66,67,68)/b10-8-,16-14-,22-20-,28-26-,34-32-,40-38-. The van der Waals surface area contributed by atoms with Crippen molar-refractivity contribution < 1.29 is 32.9 Å². The van der Waals surface area contributed by atoms with Gasteiger partial charge in [0.05, 0.1) is 39.9 Å². The fraction of sp³-hybridized carbons (Fsp3) is 0.790. The maximum atomic E-state index is 13.0. The summed E-state index contributed by atoms with van der Waals surface area (Å²) in [4.78, 5) is 25.6. The molecule has 0 heterocycles. The third kappa shape index (κ3) is 55.5. The average molecular weight is 1020 g/mol. The second-order valence-electron chi connectivity index (χ2n) is 21.3. The highest BCUT2D eigenvalue weighted by Crippen LogP contribution is 2.38. The maximum Gasteiger partial charge on any atom is 0.268 e. The van der Waals surface area contributed by atoms with Crippen LogP contribution in [0.2, 0.25) is 0 Å². The molecule has 0 aliphatic heterocycles. The van der Waals surface area contributed by atoms with Crippen molar-refractivity contribution in [3.63, 3.8) is 0 Å². The average Bonchev–Trinajstić information content (AvgIpc) is 3.33. The van der Waals surface area contributed by atoms with Gasteiger partial charge in [0.1, 0.15) is 13.2 Å². The molecule has 0 rings (SSSR count). The second kappa shape index (κ2) is 52.8. The van der Waals surface area contributed by atoms with E-state index in [-0.39, 0.29) is 19.1 Å². The number of aliphatic hydroxyl groups excluding tert-OH is 1. The van der Waals surface area contributed by atoms with Crippen LogP contribution in [0.4, 0.5) is 0 Å². The number of unbranched alkanes of at least 4 members (excludes halogenated alkanes) is 29. The molecule has 3 unspecified atom stereocenters. The number of likely N-dealkylation sites (N-methyl/N-ethyl adjacent to an activating group) is 1. The number of nitrogens with zero attached hydrogens (tertiary/aromatic N) is 1. The van der Waals surface area contributed by atoms with Crippen LogP contribution in [0.25, 0.3) is 0 Å². The van der Waals surface area contributed by atoms with Crippen molar-refractivity contribution in [3.8, 4) is 0 Å². The molecule has 0 aromatic heterocycles. The molecular formula is C62H115N2O6P. The fourth-order valence-corrected chi connectivity index (χ4v) is 9.30. The van der Waals surface area contributed by atoms with Gasteiger partial charge in [-0.2, -0.15) is 0 Å². The minimum atomic E-state index is -4.58. The zero-order valence-corrected chi connectivity index (χ0v) is 48.1. The molecule has 0 saturated heterocycles. The van der Waals surface area contributed by atoms with Crippen LogP contribution in [0.3, 0.4) is 0 Å². The van der Waals surface area contributed by atoms with Crippen LogP contribution in [0.15, 0.2) is 72.9 Å². The van der Waals surface area contributed by atoms with E-state index in [1.54, 1.807) is 0 Å². The Labute approximate surface area is 440 Å². The largest absolute Gasteiger partial charge is 0.756 e. The van der Waals surface area contributed by atoms with Gasteiger partial charge < -0.3 is 28.8 Å². The van der Waals surface area contributed by atoms with E-state index in [9.17, 15) is 19.4 Å². The molecule has 9 heteroatoms. The molecule has 0 saturated carbocycles. The van der Waals surface area contributed by atoms with Crippen LogP contribution in [-0.4, -0.2) is 68.5 Å². The van der Waals surface area contributed by atoms with Crippen molar-refractivity contribution in [2.75, 3.05) is 40.9 Å². The molecule has 0 spiro atoms. The van der Waals surface area contributed by atoms with Gasteiger partial charge >= 0.3 is 0 Å². The van der Waals surface area contributed by atoms with E-state index in [2.05, 4.69) is 92.1 Å². The lowest BCUT2D eigenvalue weighted by Gasteiger charge is -2.30. The normalized spacial score (nSPS) is 14.4. The van der Waals surface area contributed by atoms with Crippen molar-refractivity contribution in [2.24, 2.45) is 0 Å². The molecule has 1 amide bonds. The van der Waals surface area contributed by atoms with Crippen LogP contribution >= 0.6 is 7.82 Å². The van der Waals surface area contributed by atoms with Crippen LogP contribution < -0.4 is 10.2 Å². The van der Waals surface area contributed by atoms with Gasteiger partial charge in [0.2, 0.25) is 5.91 Å². The number of aliphatic hydroxyl groups is 1. The summed E-state index contributed by atoms with van der Waals surface area (Å²) in [6, 6.07) is -0.815. The van der Waals surface area contributed by atoms with Crippen molar-refractivity contribution in [2.45, 2.75) is 276 Å². The number of hydrogen-bond acceptors (Lipinski definition) is 6. The highest BCUT2D eigenvalue weighted by Gasteiger charge is 2.24. The number of carbonyl (C=O) groups is 1. The number of nitrogens with one attached hydrogen (secondary N) is 1. The van der Waals surface area contributed by atoms with E-state index in [1.165, 1.54) is 148 Å². The molecule has 71 heavy (non-hydrogen) atoms. The summed E-state index contributed by atoms with van der Waals surface area (Å²) >= 11 is 0. The molecule has 0 aliphatic rings. The number of allylic oxidation sites excluding steroid dienone is 12. The maximum absolute atomic E-state index is 13.0. The summed E-state index contributed by atoms with van der Waals surface area (Å²) in [7, 11) is 1.29. The minimum absolute atomic E-state index is 0.00585. The van der Waals surface area contributed by atoms with Crippen molar-refractivity contribution in [3.05, 3.63) is 72.9 Å². The number of quaternary nitrogens is 1. The number of hydrogen-bond donors (Lipinski definition) is 2. The first-order chi connectivity index (χ1) is 34.5. The van der Waals surface area contributed by atoms with Crippen molar-refractivity contribution >= 4 is 13.7 Å². The van der Waals surface area contributed by atoms with Gasteiger partial charge in [0, 0.05) is 6.42 Å². The molecule has 0 aromatic carbocycles. The lowest BCUT2D eigenvalue weighted by Crippen LogP contribution is -2.46. The molecule has 0 radical (unpaired) electrons. The topological polar surface area (TPSA) is 108 Å². The Morgan fingerprint density at radius 3 is 1.25 bits per heavy atom. The number of phosphoric ester groups is 1. The zero-order valence-electron chi connectivity index (χ0n) is 47.2. The molecule has 2 N–H and O–H groups in total. The first-order valence-corrected chi connectivity index (χ1v) is 31.2. The Morgan fingerprint density at radius 2 is 0.859 bits per heavy atom. The van der Waals surface area contributed by atoms with Crippen LogP contribution in [0.1, 0.15) is 264 Å². The molecule has 414 valence electrons. The Kier molecular flexibility index (Phi) is 51.3. The Hall–Kier alpha value is -2.06. The third-order valence-electron chi connectivity index (χ3n) is 13.2. The minimum Gasteiger partial charge on any atom is -0.756 e. The highest BCUT2D eigenvalue weighted by molar-refractivity contribution is 7.45. The summed E-state index contributed by atoms with van der Waals surface area (Å²) in [5.74, 6) is -0.179. The van der Waals surface area contributed by atoms with E-state index in [4.69, 9.17) is 9.05 Å². The van der Waals surface area contributed by atoms with Gasteiger partial charge in [0.25, 0.3) is 7.82 Å². The summed E-state index contributed by atoms with van der Waals surface area (Å²) in [5, 5.41) is 14.0. The molecule has 0 fully saturated rings. The molecule has 3 atom stereocenters. The van der Waals surface area contributed by atoms with E-state index in [0.717, 1.165) is 89.9 Å².